The summed E-state index contributed by atoms with van der Waals surface area (Å²) in [6.07, 6.45) is 2.44. The van der Waals surface area contributed by atoms with Crippen LogP contribution in [0.15, 0.2) is 34.9 Å². The summed E-state index contributed by atoms with van der Waals surface area (Å²) < 4.78 is 5.36. The van der Waals surface area contributed by atoms with Crippen molar-refractivity contribution in [3.05, 3.63) is 36.1 Å². The second kappa shape index (κ2) is 6.38. The molecule has 0 bridgehead atoms. The van der Waals surface area contributed by atoms with Crippen LogP contribution in [0.2, 0.25) is 0 Å². The normalized spacial score (nSPS) is 11.1. The summed E-state index contributed by atoms with van der Waals surface area (Å²) in [5.74, 6) is -0.0745. The highest BCUT2D eigenvalue weighted by Crippen LogP contribution is 2.20. The molecule has 0 radical (unpaired) electrons. The van der Waals surface area contributed by atoms with Gasteiger partial charge in [0.05, 0.1) is 5.56 Å². The zero-order valence-electron chi connectivity index (χ0n) is 11.4. The molecular formula is C15H20N2O2. The summed E-state index contributed by atoms with van der Waals surface area (Å²) >= 11 is 0. The molecule has 0 aliphatic carbocycles. The molecule has 19 heavy (non-hydrogen) atoms. The van der Waals surface area contributed by atoms with Crippen LogP contribution in [0.1, 0.15) is 30.6 Å². The average Bonchev–Trinajstić information content (AvgIpc) is 2.81. The van der Waals surface area contributed by atoms with Crippen LogP contribution < -0.4 is 10.6 Å². The van der Waals surface area contributed by atoms with E-state index in [0.29, 0.717) is 18.2 Å². The van der Waals surface area contributed by atoms with E-state index < -0.39 is 0 Å². The van der Waals surface area contributed by atoms with Gasteiger partial charge in [0.15, 0.2) is 0 Å². The van der Waals surface area contributed by atoms with Crippen LogP contribution in [0.5, 0.6) is 0 Å². The number of furan rings is 1. The van der Waals surface area contributed by atoms with E-state index in [4.69, 9.17) is 4.42 Å². The SMILES string of the molecule is CC(C)NCCCNC(=O)c1coc2ccccc12. The van der Waals surface area contributed by atoms with Gasteiger partial charge in [-0.3, -0.25) is 4.79 Å². The lowest BCUT2D eigenvalue weighted by Crippen LogP contribution is -2.29. The van der Waals surface area contributed by atoms with Crippen molar-refractivity contribution in [2.75, 3.05) is 13.1 Å². The van der Waals surface area contributed by atoms with E-state index >= 15 is 0 Å². The first-order valence-electron chi connectivity index (χ1n) is 6.66. The molecule has 2 N–H and O–H groups in total. The molecule has 1 aromatic carbocycles. The molecular weight excluding hydrogens is 240 g/mol. The Bertz CT molecular complexity index is 546. The van der Waals surface area contributed by atoms with Crippen LogP contribution in [0.25, 0.3) is 11.0 Å². The first-order chi connectivity index (χ1) is 9.18. The van der Waals surface area contributed by atoms with Crippen LogP contribution >= 0.6 is 0 Å². The van der Waals surface area contributed by atoms with Crippen LogP contribution in [-0.2, 0) is 0 Å². The molecule has 102 valence electrons. The molecule has 0 unspecified atom stereocenters. The molecule has 1 heterocycles. The summed E-state index contributed by atoms with van der Waals surface area (Å²) in [7, 11) is 0. The fraction of sp³-hybridized carbons (Fsp3) is 0.400. The number of nitrogens with one attached hydrogen (secondary N) is 2. The highest BCUT2D eigenvalue weighted by Gasteiger charge is 2.12. The maximum atomic E-state index is 12.0. The third-order valence-electron chi connectivity index (χ3n) is 2.92. The van der Waals surface area contributed by atoms with Crippen LogP contribution in [-0.4, -0.2) is 25.0 Å². The van der Waals surface area contributed by atoms with E-state index in [-0.39, 0.29) is 5.91 Å². The summed E-state index contributed by atoms with van der Waals surface area (Å²) in [6, 6.07) is 8.03. The molecule has 4 nitrogen and oxygen atoms in total. The number of carbonyl (C=O) groups is 1. The Balaban J connectivity index is 1.86. The number of hydrogen-bond acceptors (Lipinski definition) is 3. The molecule has 0 aliphatic heterocycles. The third kappa shape index (κ3) is 3.58. The fourth-order valence-electron chi connectivity index (χ4n) is 1.93. The predicted molar refractivity (Wildman–Crippen MR) is 76.3 cm³/mol. The molecule has 0 saturated carbocycles. The Morgan fingerprint density at radius 1 is 1.26 bits per heavy atom. The second-order valence-corrected chi connectivity index (χ2v) is 4.86. The highest BCUT2D eigenvalue weighted by molar-refractivity contribution is 6.05. The molecule has 4 heteroatoms. The van der Waals surface area contributed by atoms with Gasteiger partial charge in [0.1, 0.15) is 11.8 Å². The van der Waals surface area contributed by atoms with E-state index in [1.807, 2.05) is 24.3 Å². The van der Waals surface area contributed by atoms with Crippen molar-refractivity contribution in [3.8, 4) is 0 Å². The van der Waals surface area contributed by atoms with Crippen LogP contribution in [0.3, 0.4) is 0 Å². The molecule has 2 aromatic rings. The van der Waals surface area contributed by atoms with Crippen LogP contribution in [0, 0.1) is 0 Å². The van der Waals surface area contributed by atoms with Gasteiger partial charge in [-0.15, -0.1) is 0 Å². The van der Waals surface area contributed by atoms with Gasteiger partial charge in [0.25, 0.3) is 5.91 Å². The van der Waals surface area contributed by atoms with E-state index in [1.54, 1.807) is 0 Å². The number of carbonyl (C=O) groups excluding carboxylic acids is 1. The van der Waals surface area contributed by atoms with Gasteiger partial charge in [-0.1, -0.05) is 32.0 Å². The first kappa shape index (κ1) is 13.6. The van der Waals surface area contributed by atoms with Crippen LogP contribution in [0.4, 0.5) is 0 Å². The lowest BCUT2D eigenvalue weighted by Gasteiger charge is -2.08. The maximum Gasteiger partial charge on any atom is 0.255 e. The standard InChI is InChI=1S/C15H20N2O2/c1-11(2)16-8-5-9-17-15(18)13-10-19-14-7-4-3-6-12(13)14/h3-4,6-7,10-11,16H,5,8-9H2,1-2H3,(H,17,18). The molecule has 0 aliphatic rings. The molecule has 0 fully saturated rings. The molecule has 0 spiro atoms. The monoisotopic (exact) mass is 260 g/mol. The van der Waals surface area contributed by atoms with E-state index in [1.165, 1.54) is 6.26 Å². The molecule has 0 atom stereocenters. The fourth-order valence-corrected chi connectivity index (χ4v) is 1.93. The smallest absolute Gasteiger partial charge is 0.255 e. The minimum atomic E-state index is -0.0745. The number of para-hydroxylation sites is 1. The van der Waals surface area contributed by atoms with Gasteiger partial charge in [-0.05, 0) is 19.0 Å². The topological polar surface area (TPSA) is 54.3 Å². The second-order valence-electron chi connectivity index (χ2n) is 4.86. The first-order valence-corrected chi connectivity index (χ1v) is 6.66. The van der Waals surface area contributed by atoms with Crippen molar-refractivity contribution in [2.45, 2.75) is 26.3 Å². The Morgan fingerprint density at radius 2 is 2.05 bits per heavy atom. The molecule has 1 amide bonds. The molecule has 0 saturated heterocycles. The number of hydrogen-bond donors (Lipinski definition) is 2. The largest absolute Gasteiger partial charge is 0.463 e. The maximum absolute atomic E-state index is 12.0. The van der Waals surface area contributed by atoms with E-state index in [2.05, 4.69) is 24.5 Å². The van der Waals surface area contributed by atoms with Gasteiger partial charge in [-0.25, -0.2) is 0 Å². The van der Waals surface area contributed by atoms with Gasteiger partial charge in [0, 0.05) is 18.0 Å². The van der Waals surface area contributed by atoms with E-state index in [9.17, 15) is 4.79 Å². The Kier molecular flexibility index (Phi) is 4.58. The number of benzene rings is 1. The van der Waals surface area contributed by atoms with Crippen molar-refractivity contribution in [2.24, 2.45) is 0 Å². The van der Waals surface area contributed by atoms with Crippen molar-refractivity contribution in [3.63, 3.8) is 0 Å². The summed E-state index contributed by atoms with van der Waals surface area (Å²) in [6.45, 7) is 5.79. The third-order valence-corrected chi connectivity index (χ3v) is 2.92. The number of amides is 1. The zero-order chi connectivity index (χ0) is 13.7. The lowest BCUT2D eigenvalue weighted by atomic mass is 10.1. The quantitative estimate of drug-likeness (QED) is 0.785. The zero-order valence-corrected chi connectivity index (χ0v) is 11.4. The molecule has 2 rings (SSSR count). The summed E-state index contributed by atoms with van der Waals surface area (Å²) in [5.41, 5.74) is 1.35. The van der Waals surface area contributed by atoms with Gasteiger partial charge < -0.3 is 15.1 Å². The van der Waals surface area contributed by atoms with Gasteiger partial charge in [0.2, 0.25) is 0 Å². The Morgan fingerprint density at radius 3 is 2.84 bits per heavy atom. The number of fused-ring (bicyclic) bond motifs is 1. The predicted octanol–water partition coefficient (Wildman–Crippen LogP) is 2.55. The van der Waals surface area contributed by atoms with Crippen molar-refractivity contribution in [1.82, 2.24) is 10.6 Å². The minimum Gasteiger partial charge on any atom is -0.463 e. The van der Waals surface area contributed by atoms with Crippen molar-refractivity contribution >= 4 is 16.9 Å². The van der Waals surface area contributed by atoms with Crippen molar-refractivity contribution in [1.29, 1.82) is 0 Å². The minimum absolute atomic E-state index is 0.0745. The lowest BCUT2D eigenvalue weighted by molar-refractivity contribution is 0.0954. The highest BCUT2D eigenvalue weighted by atomic mass is 16.3. The van der Waals surface area contributed by atoms with E-state index in [0.717, 1.165) is 23.9 Å². The molecule has 1 aromatic heterocycles. The van der Waals surface area contributed by atoms with Crippen molar-refractivity contribution < 1.29 is 9.21 Å². The summed E-state index contributed by atoms with van der Waals surface area (Å²) in [4.78, 5) is 12.0. The summed E-state index contributed by atoms with van der Waals surface area (Å²) in [5, 5.41) is 7.09. The van der Waals surface area contributed by atoms with Gasteiger partial charge >= 0.3 is 0 Å². The Labute approximate surface area is 113 Å². The number of rotatable bonds is 6. The average molecular weight is 260 g/mol. The van der Waals surface area contributed by atoms with Gasteiger partial charge in [-0.2, -0.15) is 0 Å². The Hall–Kier alpha value is -1.81.